The molecule has 0 saturated carbocycles. The lowest BCUT2D eigenvalue weighted by atomic mass is 10.1. The van der Waals surface area contributed by atoms with Crippen molar-refractivity contribution < 1.29 is 33.3 Å². The Balaban J connectivity index is 1.89. The molecule has 2 aromatic heterocycles. The molecule has 24 heavy (non-hydrogen) atoms. The van der Waals surface area contributed by atoms with Crippen LogP contribution in [0.4, 0.5) is 10.2 Å². The minimum absolute atomic E-state index is 0.0203. The maximum Gasteiger partial charge on any atom is 0.350 e. The van der Waals surface area contributed by atoms with E-state index in [2.05, 4.69) is 15.0 Å². The smallest absolute Gasteiger partial charge is 0.350 e. The summed E-state index contributed by atoms with van der Waals surface area (Å²) < 4.78 is 36.2. The SMILES string of the molecule is C[C@H]1O[C@@H](n2cnc3c(N)nc(F)nc32)[C@H](O)[C@H]1OCP(=O)(O)O. The second-order valence-electron chi connectivity index (χ2n) is 5.35. The zero-order valence-electron chi connectivity index (χ0n) is 12.4. The van der Waals surface area contributed by atoms with Gasteiger partial charge in [-0.1, -0.05) is 0 Å². The fourth-order valence-electron chi connectivity index (χ4n) is 2.56. The number of hydrogen-bond donors (Lipinski definition) is 4. The lowest BCUT2D eigenvalue weighted by molar-refractivity contribution is -0.0308. The molecule has 132 valence electrons. The minimum atomic E-state index is -4.40. The van der Waals surface area contributed by atoms with Crippen LogP contribution in [-0.2, 0) is 14.0 Å². The number of ether oxygens (including phenoxy) is 2. The molecule has 0 radical (unpaired) electrons. The van der Waals surface area contributed by atoms with Crippen LogP contribution in [-0.4, -0.2) is 59.1 Å². The van der Waals surface area contributed by atoms with Gasteiger partial charge in [0.05, 0.1) is 12.4 Å². The Bertz CT molecular complexity index is 812. The molecule has 0 aromatic carbocycles. The Morgan fingerprint density at radius 2 is 2.21 bits per heavy atom. The minimum Gasteiger partial charge on any atom is -0.386 e. The average Bonchev–Trinajstić information content (AvgIpc) is 2.98. The van der Waals surface area contributed by atoms with E-state index in [0.717, 1.165) is 0 Å². The van der Waals surface area contributed by atoms with Gasteiger partial charge < -0.3 is 30.1 Å². The van der Waals surface area contributed by atoms with Crippen molar-refractivity contribution in [2.45, 2.75) is 31.5 Å². The molecule has 5 N–H and O–H groups in total. The van der Waals surface area contributed by atoms with Crippen molar-refractivity contribution in [3.05, 3.63) is 12.4 Å². The van der Waals surface area contributed by atoms with Crippen molar-refractivity contribution in [2.24, 2.45) is 0 Å². The summed E-state index contributed by atoms with van der Waals surface area (Å²) in [7, 11) is -4.40. The summed E-state index contributed by atoms with van der Waals surface area (Å²) in [5.41, 5.74) is 5.73. The molecule has 0 amide bonds. The second-order valence-corrected chi connectivity index (χ2v) is 6.94. The average molecular weight is 363 g/mol. The van der Waals surface area contributed by atoms with Crippen molar-refractivity contribution in [3.63, 3.8) is 0 Å². The molecule has 0 unspecified atom stereocenters. The van der Waals surface area contributed by atoms with E-state index in [0.29, 0.717) is 0 Å². The van der Waals surface area contributed by atoms with E-state index in [-0.39, 0.29) is 17.0 Å². The van der Waals surface area contributed by atoms with E-state index in [1.165, 1.54) is 10.9 Å². The summed E-state index contributed by atoms with van der Waals surface area (Å²) in [6, 6.07) is 0. The Kier molecular flexibility index (Phi) is 4.28. The number of aromatic nitrogens is 4. The van der Waals surface area contributed by atoms with Crippen molar-refractivity contribution in [3.8, 4) is 0 Å². The fraction of sp³-hybridized carbons (Fsp3) is 0.545. The van der Waals surface area contributed by atoms with Gasteiger partial charge in [-0.2, -0.15) is 14.4 Å². The van der Waals surface area contributed by atoms with Crippen LogP contribution in [0.3, 0.4) is 0 Å². The predicted octanol–water partition coefficient (Wildman–Crippen LogP) is -0.654. The van der Waals surface area contributed by atoms with Crippen molar-refractivity contribution in [1.29, 1.82) is 0 Å². The van der Waals surface area contributed by atoms with Crippen LogP contribution in [0.5, 0.6) is 0 Å². The Labute approximate surface area is 134 Å². The van der Waals surface area contributed by atoms with Crippen molar-refractivity contribution in [1.82, 2.24) is 19.5 Å². The molecule has 11 nitrogen and oxygen atoms in total. The van der Waals surface area contributed by atoms with Crippen LogP contribution in [0.2, 0.25) is 0 Å². The van der Waals surface area contributed by atoms with Crippen molar-refractivity contribution >= 4 is 24.6 Å². The highest BCUT2D eigenvalue weighted by Crippen LogP contribution is 2.38. The summed E-state index contributed by atoms with van der Waals surface area (Å²) in [5, 5.41) is 10.4. The maximum absolute atomic E-state index is 13.4. The zero-order chi connectivity index (χ0) is 17.6. The van der Waals surface area contributed by atoms with Crippen molar-refractivity contribution in [2.75, 3.05) is 12.1 Å². The summed E-state index contributed by atoms with van der Waals surface area (Å²) >= 11 is 0. The first-order valence-electron chi connectivity index (χ1n) is 6.82. The van der Waals surface area contributed by atoms with E-state index >= 15 is 0 Å². The summed E-state index contributed by atoms with van der Waals surface area (Å²) in [4.78, 5) is 28.7. The first-order chi connectivity index (χ1) is 11.2. The van der Waals surface area contributed by atoms with Crippen LogP contribution in [0.1, 0.15) is 13.2 Å². The third-order valence-corrected chi connectivity index (χ3v) is 4.06. The molecule has 1 aliphatic rings. The lowest BCUT2D eigenvalue weighted by Crippen LogP contribution is -2.33. The highest BCUT2D eigenvalue weighted by atomic mass is 31.2. The molecule has 1 fully saturated rings. The number of imidazole rings is 1. The molecule has 1 aliphatic heterocycles. The molecule has 13 heteroatoms. The largest absolute Gasteiger partial charge is 0.386 e. The van der Waals surface area contributed by atoms with Gasteiger partial charge in [-0.3, -0.25) is 9.13 Å². The van der Waals surface area contributed by atoms with Gasteiger partial charge in [-0.05, 0) is 6.92 Å². The van der Waals surface area contributed by atoms with Gasteiger partial charge in [-0.15, -0.1) is 0 Å². The highest BCUT2D eigenvalue weighted by Gasteiger charge is 2.44. The Hall–Kier alpha value is -1.69. The number of aliphatic hydroxyl groups excluding tert-OH is 1. The molecule has 2 aromatic rings. The molecule has 0 bridgehead atoms. The topological polar surface area (TPSA) is 166 Å². The predicted molar refractivity (Wildman–Crippen MR) is 77.1 cm³/mol. The van der Waals surface area contributed by atoms with E-state index in [4.69, 9.17) is 25.0 Å². The van der Waals surface area contributed by atoms with E-state index in [1.54, 1.807) is 6.92 Å². The first-order valence-corrected chi connectivity index (χ1v) is 8.62. The van der Waals surface area contributed by atoms with Gasteiger partial charge in [0, 0.05) is 0 Å². The summed E-state index contributed by atoms with van der Waals surface area (Å²) in [6.45, 7) is 1.57. The number of nitrogen functional groups attached to an aromatic ring is 1. The third kappa shape index (κ3) is 3.11. The first kappa shape index (κ1) is 17.1. The normalized spacial score (nSPS) is 27.9. The molecule has 4 atom stereocenters. The Morgan fingerprint density at radius 1 is 1.50 bits per heavy atom. The molecule has 0 spiro atoms. The van der Waals surface area contributed by atoms with Gasteiger partial charge in [0.1, 0.15) is 18.6 Å². The quantitative estimate of drug-likeness (QED) is 0.405. The summed E-state index contributed by atoms with van der Waals surface area (Å²) in [6.07, 6.45) is -4.67. The van der Waals surface area contributed by atoms with Gasteiger partial charge in [-0.25, -0.2) is 4.98 Å². The van der Waals surface area contributed by atoms with E-state index < -0.39 is 44.6 Å². The van der Waals surface area contributed by atoms with Gasteiger partial charge in [0.2, 0.25) is 0 Å². The molecule has 3 rings (SSSR count). The molecule has 1 saturated heterocycles. The van der Waals surface area contributed by atoms with E-state index in [9.17, 15) is 14.1 Å². The highest BCUT2D eigenvalue weighted by molar-refractivity contribution is 7.51. The maximum atomic E-state index is 13.4. The zero-order valence-corrected chi connectivity index (χ0v) is 13.2. The second kappa shape index (κ2) is 5.99. The number of nitrogens with zero attached hydrogens (tertiary/aromatic N) is 4. The van der Waals surface area contributed by atoms with Crippen LogP contribution < -0.4 is 5.73 Å². The fourth-order valence-corrected chi connectivity index (χ4v) is 2.93. The number of aliphatic hydroxyl groups is 1. The number of hydrogen-bond acceptors (Lipinski definition) is 8. The van der Waals surface area contributed by atoms with Crippen LogP contribution >= 0.6 is 7.60 Å². The molecular weight excluding hydrogens is 348 g/mol. The number of rotatable bonds is 4. The molecule has 0 aliphatic carbocycles. The monoisotopic (exact) mass is 363 g/mol. The molecular formula is C11H15FN5O6P. The van der Waals surface area contributed by atoms with E-state index in [1.807, 2.05) is 0 Å². The summed E-state index contributed by atoms with van der Waals surface area (Å²) in [5.74, 6) is -0.161. The van der Waals surface area contributed by atoms with Gasteiger partial charge in [0.25, 0.3) is 0 Å². The van der Waals surface area contributed by atoms with Crippen LogP contribution in [0.25, 0.3) is 11.2 Å². The third-order valence-electron chi connectivity index (χ3n) is 3.58. The number of nitrogens with two attached hydrogens (primary N) is 1. The lowest BCUT2D eigenvalue weighted by Gasteiger charge is -2.19. The van der Waals surface area contributed by atoms with Gasteiger partial charge in [0.15, 0.2) is 23.2 Å². The Morgan fingerprint density at radius 3 is 2.88 bits per heavy atom. The van der Waals surface area contributed by atoms with Gasteiger partial charge >= 0.3 is 13.7 Å². The standard InChI is InChI=1S/C11H15FN5O6P/c1-4-7(22-3-24(19,20)21)6(18)10(23-4)17-2-14-5-8(13)15-11(12)16-9(5)17/h2,4,6-7,10,18H,3H2,1H3,(H2,13,15,16)(H2,19,20,21)/t4-,6-,7+,10-/m1/s1. The number of anilines is 1. The number of halogens is 1. The van der Waals surface area contributed by atoms with Crippen LogP contribution in [0.15, 0.2) is 6.33 Å². The molecule has 3 heterocycles. The van der Waals surface area contributed by atoms with Crippen LogP contribution in [0, 0.1) is 6.08 Å². The number of fused-ring (bicyclic) bond motifs is 1.